The number of rotatable bonds is 6. The number of hydrogen-bond acceptors (Lipinski definition) is 7. The molecule has 0 bridgehead atoms. The van der Waals surface area contributed by atoms with Crippen LogP contribution in [0.2, 0.25) is 0 Å². The normalized spacial score (nSPS) is 16.8. The van der Waals surface area contributed by atoms with Crippen LogP contribution in [0.15, 0.2) is 24.5 Å². The zero-order valence-electron chi connectivity index (χ0n) is 15.6. The van der Waals surface area contributed by atoms with E-state index in [2.05, 4.69) is 15.3 Å². The maximum Gasteiger partial charge on any atom is 0.341 e. The maximum absolute atomic E-state index is 12.9. The number of nitrogens with one attached hydrogen (secondary N) is 1. The highest BCUT2D eigenvalue weighted by Gasteiger charge is 2.28. The van der Waals surface area contributed by atoms with Gasteiger partial charge in [-0.1, -0.05) is 6.92 Å². The monoisotopic (exact) mass is 388 g/mol. The Balaban J connectivity index is 1.71. The summed E-state index contributed by atoms with van der Waals surface area (Å²) in [6.45, 7) is 5.49. The Morgan fingerprint density at radius 2 is 2.11 bits per heavy atom. The van der Waals surface area contributed by atoms with Crippen molar-refractivity contribution in [3.05, 3.63) is 35.0 Å². The quantitative estimate of drug-likeness (QED) is 0.766. The third kappa shape index (κ3) is 4.63. The highest BCUT2D eigenvalue weighted by Crippen LogP contribution is 2.30. The highest BCUT2D eigenvalue weighted by atomic mass is 32.1. The summed E-state index contributed by atoms with van der Waals surface area (Å²) in [5, 5.41) is 3.53. The van der Waals surface area contributed by atoms with Gasteiger partial charge in [-0.3, -0.25) is 4.79 Å². The summed E-state index contributed by atoms with van der Waals surface area (Å²) in [6.07, 6.45) is 5.91. The number of amides is 1. The van der Waals surface area contributed by atoms with Gasteiger partial charge in [0.2, 0.25) is 11.9 Å². The molecule has 0 spiro atoms. The number of hydrogen-bond donors (Lipinski definition) is 1. The van der Waals surface area contributed by atoms with Gasteiger partial charge in [-0.05, 0) is 38.3 Å². The standard InChI is InChI=1S/C19H24N4O3S/c1-3-14-11-15(18(25)26-4-2)17(27-14)22-16(24)13-7-5-10-23(12-13)19-20-8-6-9-21-19/h6,8-9,11,13H,3-5,7,10,12H2,1-2H3,(H,22,24). The number of nitrogens with zero attached hydrogens (tertiary/aromatic N) is 3. The lowest BCUT2D eigenvalue weighted by Crippen LogP contribution is -2.41. The molecule has 3 heterocycles. The van der Waals surface area contributed by atoms with E-state index in [4.69, 9.17) is 4.74 Å². The van der Waals surface area contributed by atoms with Gasteiger partial charge in [-0.2, -0.15) is 0 Å². The van der Waals surface area contributed by atoms with Crippen molar-refractivity contribution in [2.75, 3.05) is 29.9 Å². The molecule has 27 heavy (non-hydrogen) atoms. The Hall–Kier alpha value is -2.48. The van der Waals surface area contributed by atoms with Crippen molar-refractivity contribution in [1.29, 1.82) is 0 Å². The van der Waals surface area contributed by atoms with Crippen LogP contribution in [0.5, 0.6) is 0 Å². The van der Waals surface area contributed by atoms with Crippen molar-refractivity contribution in [3.63, 3.8) is 0 Å². The highest BCUT2D eigenvalue weighted by molar-refractivity contribution is 7.16. The van der Waals surface area contributed by atoms with E-state index in [1.807, 2.05) is 17.9 Å². The van der Waals surface area contributed by atoms with Gasteiger partial charge in [0.25, 0.3) is 0 Å². The van der Waals surface area contributed by atoms with Gasteiger partial charge in [0.05, 0.1) is 18.1 Å². The van der Waals surface area contributed by atoms with E-state index >= 15 is 0 Å². The van der Waals surface area contributed by atoms with Gasteiger partial charge in [0, 0.05) is 30.4 Å². The molecule has 0 radical (unpaired) electrons. The number of aryl methyl sites for hydroxylation is 1. The molecule has 8 heteroatoms. The van der Waals surface area contributed by atoms with Gasteiger partial charge >= 0.3 is 5.97 Å². The summed E-state index contributed by atoms with van der Waals surface area (Å²) >= 11 is 1.43. The van der Waals surface area contributed by atoms with Crippen molar-refractivity contribution < 1.29 is 14.3 Å². The summed E-state index contributed by atoms with van der Waals surface area (Å²) in [5.41, 5.74) is 0.436. The number of anilines is 2. The predicted molar refractivity (Wildman–Crippen MR) is 105 cm³/mol. The molecular formula is C19H24N4O3S. The minimum atomic E-state index is -0.397. The van der Waals surface area contributed by atoms with Crippen LogP contribution in [-0.2, 0) is 16.0 Å². The van der Waals surface area contributed by atoms with Gasteiger partial charge in [-0.25, -0.2) is 14.8 Å². The van der Waals surface area contributed by atoms with E-state index in [0.29, 0.717) is 29.7 Å². The topological polar surface area (TPSA) is 84.4 Å². The van der Waals surface area contributed by atoms with E-state index < -0.39 is 5.97 Å². The fourth-order valence-corrected chi connectivity index (χ4v) is 4.10. The second-order valence-corrected chi connectivity index (χ2v) is 7.49. The molecule has 0 aliphatic carbocycles. The lowest BCUT2D eigenvalue weighted by Gasteiger charge is -2.31. The maximum atomic E-state index is 12.9. The average Bonchev–Trinajstić information content (AvgIpc) is 3.12. The Bertz CT molecular complexity index is 794. The first-order valence-electron chi connectivity index (χ1n) is 9.25. The fourth-order valence-electron chi connectivity index (χ4n) is 3.11. The van der Waals surface area contributed by atoms with E-state index in [1.165, 1.54) is 11.3 Å². The fraction of sp³-hybridized carbons (Fsp3) is 0.474. The van der Waals surface area contributed by atoms with E-state index in [9.17, 15) is 9.59 Å². The van der Waals surface area contributed by atoms with Gasteiger partial charge in [0.1, 0.15) is 5.00 Å². The third-order valence-electron chi connectivity index (χ3n) is 4.49. The van der Waals surface area contributed by atoms with Crippen LogP contribution in [0.3, 0.4) is 0 Å². The number of carbonyl (C=O) groups is 2. The first kappa shape index (κ1) is 19.3. The molecule has 1 unspecified atom stereocenters. The summed E-state index contributed by atoms with van der Waals surface area (Å²) in [6, 6.07) is 3.58. The molecule has 7 nitrogen and oxygen atoms in total. The Morgan fingerprint density at radius 1 is 1.33 bits per heavy atom. The van der Waals surface area contributed by atoms with Gasteiger partial charge in [0.15, 0.2) is 0 Å². The van der Waals surface area contributed by atoms with Crippen LogP contribution in [0.1, 0.15) is 41.9 Å². The first-order chi connectivity index (χ1) is 13.1. The molecule has 0 aromatic carbocycles. The van der Waals surface area contributed by atoms with Crippen molar-refractivity contribution in [2.45, 2.75) is 33.1 Å². The molecule has 1 amide bonds. The van der Waals surface area contributed by atoms with Crippen molar-refractivity contribution >= 4 is 34.2 Å². The van der Waals surface area contributed by atoms with Crippen LogP contribution >= 0.6 is 11.3 Å². The van der Waals surface area contributed by atoms with Crippen LogP contribution in [-0.4, -0.2) is 41.5 Å². The Kier molecular flexibility index (Phi) is 6.39. The number of esters is 1. The van der Waals surface area contributed by atoms with Gasteiger partial charge < -0.3 is 15.0 Å². The molecule has 2 aromatic heterocycles. The molecule has 1 aliphatic heterocycles. The number of ether oxygens (including phenoxy) is 1. The molecule has 1 fully saturated rings. The zero-order valence-corrected chi connectivity index (χ0v) is 16.4. The molecule has 2 aromatic rings. The summed E-state index contributed by atoms with van der Waals surface area (Å²) < 4.78 is 5.12. The molecular weight excluding hydrogens is 364 g/mol. The van der Waals surface area contributed by atoms with E-state index in [0.717, 1.165) is 30.7 Å². The molecule has 1 N–H and O–H groups in total. The largest absolute Gasteiger partial charge is 0.462 e. The molecule has 0 saturated carbocycles. The average molecular weight is 388 g/mol. The third-order valence-corrected chi connectivity index (χ3v) is 5.69. The first-order valence-corrected chi connectivity index (χ1v) is 10.1. The van der Waals surface area contributed by atoms with Crippen molar-refractivity contribution in [1.82, 2.24) is 9.97 Å². The lowest BCUT2D eigenvalue weighted by atomic mass is 9.97. The zero-order chi connectivity index (χ0) is 19.2. The van der Waals surface area contributed by atoms with Crippen LogP contribution in [0.25, 0.3) is 0 Å². The van der Waals surface area contributed by atoms with E-state index in [-0.39, 0.29) is 11.8 Å². The molecule has 1 atom stereocenters. The number of carbonyl (C=O) groups excluding carboxylic acids is 2. The molecule has 3 rings (SSSR count). The Morgan fingerprint density at radius 3 is 2.81 bits per heavy atom. The number of aromatic nitrogens is 2. The van der Waals surface area contributed by atoms with Crippen molar-refractivity contribution in [2.24, 2.45) is 5.92 Å². The Labute approximate surface area is 162 Å². The second-order valence-electron chi connectivity index (χ2n) is 6.35. The van der Waals surface area contributed by atoms with Crippen LogP contribution < -0.4 is 10.2 Å². The minimum Gasteiger partial charge on any atom is -0.462 e. The summed E-state index contributed by atoms with van der Waals surface area (Å²) in [5.74, 6) is -0.00577. The number of piperidine rings is 1. The second kappa shape index (κ2) is 8.94. The van der Waals surface area contributed by atoms with Crippen LogP contribution in [0.4, 0.5) is 10.9 Å². The van der Waals surface area contributed by atoms with Crippen molar-refractivity contribution in [3.8, 4) is 0 Å². The van der Waals surface area contributed by atoms with E-state index in [1.54, 1.807) is 25.4 Å². The minimum absolute atomic E-state index is 0.0781. The molecule has 1 aliphatic rings. The number of thiophene rings is 1. The predicted octanol–water partition coefficient (Wildman–Crippen LogP) is 3.13. The van der Waals surface area contributed by atoms with Gasteiger partial charge in [-0.15, -0.1) is 11.3 Å². The SMILES string of the molecule is CCOC(=O)c1cc(CC)sc1NC(=O)C1CCCN(c2ncccn2)C1. The molecule has 1 saturated heterocycles. The van der Waals surface area contributed by atoms with Crippen LogP contribution in [0, 0.1) is 5.92 Å². The summed E-state index contributed by atoms with van der Waals surface area (Å²) in [7, 11) is 0. The molecule has 144 valence electrons. The lowest BCUT2D eigenvalue weighted by molar-refractivity contribution is -0.120. The smallest absolute Gasteiger partial charge is 0.341 e. The summed E-state index contributed by atoms with van der Waals surface area (Å²) in [4.78, 5) is 36.7.